The Bertz CT molecular complexity index is 693. The molecule has 0 aliphatic carbocycles. The summed E-state index contributed by atoms with van der Waals surface area (Å²) in [6.07, 6.45) is 0. The third-order valence-corrected chi connectivity index (χ3v) is 4.28. The van der Waals surface area contributed by atoms with Gasteiger partial charge in [-0.1, -0.05) is 24.3 Å². The van der Waals surface area contributed by atoms with Crippen molar-refractivity contribution in [1.82, 2.24) is 4.90 Å². The SMILES string of the molecule is Nc1cccc(CN2C(=O)c3ccccc3C2=O)c1Br. The molecule has 1 aliphatic heterocycles. The fourth-order valence-corrected chi connectivity index (χ4v) is 2.66. The van der Waals surface area contributed by atoms with Gasteiger partial charge in [-0.3, -0.25) is 14.5 Å². The number of carbonyl (C=O) groups is 2. The van der Waals surface area contributed by atoms with Gasteiger partial charge in [0, 0.05) is 10.2 Å². The molecule has 0 aromatic heterocycles. The van der Waals surface area contributed by atoms with Crippen molar-refractivity contribution in [3.05, 3.63) is 63.6 Å². The third-order valence-electron chi connectivity index (χ3n) is 3.32. The second-order valence-electron chi connectivity index (χ2n) is 4.56. The number of imide groups is 1. The number of benzene rings is 2. The summed E-state index contributed by atoms with van der Waals surface area (Å²) in [5.74, 6) is -0.528. The molecular formula is C15H11BrN2O2. The van der Waals surface area contributed by atoms with Gasteiger partial charge in [0.2, 0.25) is 0 Å². The molecule has 4 nitrogen and oxygen atoms in total. The molecule has 0 saturated heterocycles. The van der Waals surface area contributed by atoms with E-state index in [1.165, 1.54) is 4.90 Å². The predicted molar refractivity (Wildman–Crippen MR) is 79.2 cm³/mol. The average Bonchev–Trinajstić information content (AvgIpc) is 2.69. The summed E-state index contributed by atoms with van der Waals surface area (Å²) in [7, 11) is 0. The van der Waals surface area contributed by atoms with Gasteiger partial charge in [0.25, 0.3) is 11.8 Å². The van der Waals surface area contributed by atoms with E-state index in [-0.39, 0.29) is 18.4 Å². The molecular weight excluding hydrogens is 320 g/mol. The van der Waals surface area contributed by atoms with Crippen LogP contribution in [0.1, 0.15) is 26.3 Å². The van der Waals surface area contributed by atoms with Gasteiger partial charge in [0.05, 0.1) is 17.7 Å². The highest BCUT2D eigenvalue weighted by molar-refractivity contribution is 9.10. The predicted octanol–water partition coefficient (Wildman–Crippen LogP) is 2.83. The van der Waals surface area contributed by atoms with Gasteiger partial charge in [-0.05, 0) is 39.7 Å². The van der Waals surface area contributed by atoms with Crippen molar-refractivity contribution in [3.63, 3.8) is 0 Å². The highest BCUT2D eigenvalue weighted by Crippen LogP contribution is 2.29. The second kappa shape index (κ2) is 4.76. The molecule has 2 aromatic rings. The minimum Gasteiger partial charge on any atom is -0.398 e. The van der Waals surface area contributed by atoms with Gasteiger partial charge in [0.1, 0.15) is 0 Å². The number of anilines is 1. The summed E-state index contributed by atoms with van der Waals surface area (Å²) in [6, 6.07) is 12.2. The van der Waals surface area contributed by atoms with Crippen molar-refractivity contribution in [2.45, 2.75) is 6.54 Å². The van der Waals surface area contributed by atoms with Crippen molar-refractivity contribution < 1.29 is 9.59 Å². The summed E-state index contributed by atoms with van der Waals surface area (Å²) >= 11 is 3.39. The van der Waals surface area contributed by atoms with Crippen LogP contribution in [0.4, 0.5) is 5.69 Å². The van der Waals surface area contributed by atoms with E-state index in [0.717, 1.165) is 10.0 Å². The van der Waals surface area contributed by atoms with Crippen molar-refractivity contribution in [3.8, 4) is 0 Å². The summed E-state index contributed by atoms with van der Waals surface area (Å²) in [6.45, 7) is 0.206. The van der Waals surface area contributed by atoms with Crippen LogP contribution in [0.2, 0.25) is 0 Å². The van der Waals surface area contributed by atoms with Crippen molar-refractivity contribution in [1.29, 1.82) is 0 Å². The number of rotatable bonds is 2. The molecule has 5 heteroatoms. The maximum Gasteiger partial charge on any atom is 0.261 e. The van der Waals surface area contributed by atoms with Gasteiger partial charge >= 0.3 is 0 Å². The topological polar surface area (TPSA) is 63.4 Å². The molecule has 1 aliphatic rings. The van der Waals surface area contributed by atoms with Crippen LogP contribution < -0.4 is 5.73 Å². The molecule has 0 radical (unpaired) electrons. The lowest BCUT2D eigenvalue weighted by molar-refractivity contribution is 0.0642. The molecule has 0 spiro atoms. The highest BCUT2D eigenvalue weighted by atomic mass is 79.9. The first-order valence-electron chi connectivity index (χ1n) is 6.07. The van der Waals surface area contributed by atoms with E-state index in [9.17, 15) is 9.59 Å². The molecule has 0 bridgehead atoms. The van der Waals surface area contributed by atoms with Crippen LogP contribution in [-0.4, -0.2) is 16.7 Å². The van der Waals surface area contributed by atoms with Gasteiger partial charge < -0.3 is 5.73 Å². The van der Waals surface area contributed by atoms with E-state index in [0.29, 0.717) is 16.8 Å². The molecule has 2 N–H and O–H groups in total. The van der Waals surface area contributed by atoms with Crippen LogP contribution in [0.15, 0.2) is 46.9 Å². The Morgan fingerprint density at radius 1 is 0.950 bits per heavy atom. The lowest BCUT2D eigenvalue weighted by Gasteiger charge is -2.15. The maximum atomic E-state index is 12.3. The van der Waals surface area contributed by atoms with E-state index in [4.69, 9.17) is 5.73 Å². The Morgan fingerprint density at radius 2 is 1.55 bits per heavy atom. The first kappa shape index (κ1) is 12.9. The number of halogens is 1. The minimum absolute atomic E-state index is 0.206. The molecule has 3 rings (SSSR count). The van der Waals surface area contributed by atoms with Gasteiger partial charge in [-0.25, -0.2) is 0 Å². The largest absolute Gasteiger partial charge is 0.398 e. The van der Waals surface area contributed by atoms with Crippen molar-refractivity contribution in [2.24, 2.45) is 0 Å². The third kappa shape index (κ3) is 1.91. The number of fused-ring (bicyclic) bond motifs is 1. The normalized spacial score (nSPS) is 13.8. The molecule has 1 heterocycles. The number of hydrogen-bond donors (Lipinski definition) is 1. The molecule has 100 valence electrons. The molecule has 0 saturated carbocycles. The quantitative estimate of drug-likeness (QED) is 0.680. The van der Waals surface area contributed by atoms with Crippen LogP contribution in [-0.2, 0) is 6.54 Å². The fourth-order valence-electron chi connectivity index (χ4n) is 2.27. The summed E-state index contributed by atoms with van der Waals surface area (Å²) in [5, 5.41) is 0. The van der Waals surface area contributed by atoms with Crippen molar-refractivity contribution in [2.75, 3.05) is 5.73 Å². The zero-order valence-electron chi connectivity index (χ0n) is 10.5. The van der Waals surface area contributed by atoms with E-state index in [2.05, 4.69) is 15.9 Å². The number of carbonyl (C=O) groups excluding carboxylic acids is 2. The summed E-state index contributed by atoms with van der Waals surface area (Å²) < 4.78 is 0.719. The monoisotopic (exact) mass is 330 g/mol. The Labute approximate surface area is 124 Å². The fraction of sp³-hybridized carbons (Fsp3) is 0.0667. The zero-order chi connectivity index (χ0) is 14.3. The first-order chi connectivity index (χ1) is 9.59. The number of hydrogen-bond acceptors (Lipinski definition) is 3. The summed E-state index contributed by atoms with van der Waals surface area (Å²) in [4.78, 5) is 25.8. The van der Waals surface area contributed by atoms with Crippen LogP contribution in [0.25, 0.3) is 0 Å². The number of nitrogen functional groups attached to an aromatic ring is 1. The molecule has 0 fully saturated rings. The van der Waals surface area contributed by atoms with E-state index >= 15 is 0 Å². The van der Waals surface area contributed by atoms with Crippen LogP contribution in [0, 0.1) is 0 Å². The second-order valence-corrected chi connectivity index (χ2v) is 5.36. The minimum atomic E-state index is -0.264. The lowest BCUT2D eigenvalue weighted by Crippen LogP contribution is -2.29. The Hall–Kier alpha value is -2.14. The van der Waals surface area contributed by atoms with Crippen LogP contribution in [0.3, 0.4) is 0 Å². The molecule has 0 atom stereocenters. The lowest BCUT2D eigenvalue weighted by atomic mass is 10.1. The zero-order valence-corrected chi connectivity index (χ0v) is 12.1. The van der Waals surface area contributed by atoms with Crippen LogP contribution >= 0.6 is 15.9 Å². The number of nitrogens with two attached hydrogens (primary N) is 1. The Balaban J connectivity index is 1.96. The first-order valence-corrected chi connectivity index (χ1v) is 6.87. The molecule has 2 aromatic carbocycles. The van der Waals surface area contributed by atoms with Gasteiger partial charge in [0.15, 0.2) is 0 Å². The van der Waals surface area contributed by atoms with E-state index in [1.54, 1.807) is 36.4 Å². The molecule has 20 heavy (non-hydrogen) atoms. The van der Waals surface area contributed by atoms with Crippen LogP contribution in [0.5, 0.6) is 0 Å². The standard InChI is InChI=1S/C15H11BrN2O2/c16-13-9(4-3-7-12(13)17)8-18-14(19)10-5-1-2-6-11(10)15(18)20/h1-7H,8,17H2. The van der Waals surface area contributed by atoms with E-state index < -0.39 is 0 Å². The Kier molecular flexibility index (Phi) is 3.06. The highest BCUT2D eigenvalue weighted by Gasteiger charge is 2.35. The Morgan fingerprint density at radius 3 is 2.15 bits per heavy atom. The maximum absolute atomic E-state index is 12.3. The van der Waals surface area contributed by atoms with Crippen molar-refractivity contribution >= 4 is 33.4 Å². The smallest absolute Gasteiger partial charge is 0.261 e. The summed E-state index contributed by atoms with van der Waals surface area (Å²) in [5.41, 5.74) is 8.11. The number of nitrogens with zero attached hydrogens (tertiary/aromatic N) is 1. The molecule has 0 unspecified atom stereocenters. The van der Waals surface area contributed by atoms with E-state index in [1.807, 2.05) is 6.07 Å². The average molecular weight is 331 g/mol. The molecule has 2 amide bonds. The van der Waals surface area contributed by atoms with Gasteiger partial charge in [-0.15, -0.1) is 0 Å². The number of amides is 2. The van der Waals surface area contributed by atoms with Gasteiger partial charge in [-0.2, -0.15) is 0 Å².